The van der Waals surface area contributed by atoms with Crippen molar-refractivity contribution in [1.29, 1.82) is 0 Å². The van der Waals surface area contributed by atoms with E-state index in [0.29, 0.717) is 0 Å². The molecule has 1 atom stereocenters. The third-order valence-corrected chi connectivity index (χ3v) is 4.04. The normalized spacial score (nSPS) is 25.0. The molecule has 2 fully saturated rings. The summed E-state index contributed by atoms with van der Waals surface area (Å²) in [6, 6.07) is 2.74. The smallest absolute Gasteiger partial charge is 0.130 e. The minimum absolute atomic E-state index is 0.730. The van der Waals surface area contributed by atoms with E-state index in [1.54, 1.807) is 0 Å². The highest BCUT2D eigenvalue weighted by Gasteiger charge is 2.30. The SMILES string of the molecule is Cc1cnc(N2CCN3CCCC3C2)cc1N. The van der Waals surface area contributed by atoms with Crippen LogP contribution in [0.15, 0.2) is 12.3 Å². The van der Waals surface area contributed by atoms with Crippen LogP contribution in [0.5, 0.6) is 0 Å². The molecule has 3 rings (SSSR count). The first kappa shape index (κ1) is 10.8. The van der Waals surface area contributed by atoms with Crippen LogP contribution >= 0.6 is 0 Å². The molecule has 1 aromatic rings. The summed E-state index contributed by atoms with van der Waals surface area (Å²) in [6.07, 6.45) is 4.56. The second-order valence-electron chi connectivity index (χ2n) is 5.18. The molecular weight excluding hydrogens is 212 g/mol. The average molecular weight is 232 g/mol. The molecule has 92 valence electrons. The lowest BCUT2D eigenvalue weighted by Gasteiger charge is -2.38. The third kappa shape index (κ3) is 1.97. The molecule has 4 nitrogen and oxygen atoms in total. The molecule has 0 saturated carbocycles. The summed E-state index contributed by atoms with van der Waals surface area (Å²) in [5, 5.41) is 0. The molecule has 1 aromatic heterocycles. The summed E-state index contributed by atoms with van der Waals surface area (Å²) in [6.45, 7) is 6.63. The summed E-state index contributed by atoms with van der Waals surface area (Å²) in [4.78, 5) is 9.49. The summed E-state index contributed by atoms with van der Waals surface area (Å²) in [5.41, 5.74) is 7.87. The van der Waals surface area contributed by atoms with Crippen molar-refractivity contribution in [1.82, 2.24) is 9.88 Å². The Morgan fingerprint density at radius 3 is 3.06 bits per heavy atom. The summed E-state index contributed by atoms with van der Waals surface area (Å²) in [7, 11) is 0. The molecule has 0 aliphatic carbocycles. The van der Waals surface area contributed by atoms with Gasteiger partial charge in [0.25, 0.3) is 0 Å². The van der Waals surface area contributed by atoms with Crippen molar-refractivity contribution < 1.29 is 0 Å². The van der Waals surface area contributed by atoms with Crippen LogP contribution in [0.3, 0.4) is 0 Å². The summed E-state index contributed by atoms with van der Waals surface area (Å²) in [5.74, 6) is 1.04. The quantitative estimate of drug-likeness (QED) is 0.791. The Morgan fingerprint density at radius 1 is 1.35 bits per heavy atom. The van der Waals surface area contributed by atoms with Gasteiger partial charge in [-0.05, 0) is 31.9 Å². The fraction of sp³-hybridized carbons (Fsp3) is 0.615. The van der Waals surface area contributed by atoms with Crippen molar-refractivity contribution in [3.63, 3.8) is 0 Å². The number of fused-ring (bicyclic) bond motifs is 1. The highest BCUT2D eigenvalue weighted by molar-refractivity contribution is 5.55. The average Bonchev–Trinajstić information content (AvgIpc) is 2.79. The first-order chi connectivity index (χ1) is 8.24. The third-order valence-electron chi connectivity index (χ3n) is 4.04. The van der Waals surface area contributed by atoms with E-state index in [2.05, 4.69) is 14.8 Å². The van der Waals surface area contributed by atoms with Crippen LogP contribution < -0.4 is 10.6 Å². The van der Waals surface area contributed by atoms with Crippen LogP contribution in [0.25, 0.3) is 0 Å². The van der Waals surface area contributed by atoms with Gasteiger partial charge in [-0.25, -0.2) is 4.98 Å². The topological polar surface area (TPSA) is 45.4 Å². The predicted octanol–water partition coefficient (Wildman–Crippen LogP) is 1.26. The van der Waals surface area contributed by atoms with E-state index >= 15 is 0 Å². The van der Waals surface area contributed by atoms with Crippen LogP contribution in [0, 0.1) is 6.92 Å². The maximum atomic E-state index is 5.96. The molecule has 17 heavy (non-hydrogen) atoms. The Hall–Kier alpha value is -1.29. The molecule has 1 unspecified atom stereocenters. The number of pyridine rings is 1. The van der Waals surface area contributed by atoms with E-state index in [1.807, 2.05) is 19.2 Å². The maximum Gasteiger partial charge on any atom is 0.130 e. The van der Waals surface area contributed by atoms with Crippen molar-refractivity contribution >= 4 is 11.5 Å². The molecule has 0 radical (unpaired) electrons. The highest BCUT2D eigenvalue weighted by atomic mass is 15.3. The number of nitrogens with zero attached hydrogens (tertiary/aromatic N) is 3. The Bertz CT molecular complexity index is 418. The Kier molecular flexibility index (Phi) is 2.67. The molecule has 0 amide bonds. The highest BCUT2D eigenvalue weighted by Crippen LogP contribution is 2.25. The zero-order valence-corrected chi connectivity index (χ0v) is 10.4. The van der Waals surface area contributed by atoms with Crippen LogP contribution in [0.1, 0.15) is 18.4 Å². The van der Waals surface area contributed by atoms with Gasteiger partial charge < -0.3 is 10.6 Å². The van der Waals surface area contributed by atoms with Gasteiger partial charge in [-0.15, -0.1) is 0 Å². The number of hydrogen-bond acceptors (Lipinski definition) is 4. The van der Waals surface area contributed by atoms with Gasteiger partial charge in [0, 0.05) is 43.6 Å². The van der Waals surface area contributed by atoms with E-state index in [4.69, 9.17) is 5.73 Å². The summed E-state index contributed by atoms with van der Waals surface area (Å²) < 4.78 is 0. The van der Waals surface area contributed by atoms with Gasteiger partial charge in [-0.1, -0.05) is 0 Å². The molecule has 4 heteroatoms. The Balaban J connectivity index is 1.78. The predicted molar refractivity (Wildman–Crippen MR) is 70.2 cm³/mol. The number of piperazine rings is 1. The first-order valence-electron chi connectivity index (χ1n) is 6.45. The lowest BCUT2D eigenvalue weighted by atomic mass is 10.1. The standard InChI is InChI=1S/C13H20N4/c1-10-8-15-13(7-12(10)14)17-6-5-16-4-2-3-11(16)9-17/h7-8,11H,2-6,9H2,1H3,(H2,14,15). The number of anilines is 2. The van der Waals surface area contributed by atoms with E-state index in [1.165, 1.54) is 25.9 Å². The van der Waals surface area contributed by atoms with Crippen LogP contribution in [-0.4, -0.2) is 42.1 Å². The Morgan fingerprint density at radius 2 is 2.24 bits per heavy atom. The van der Waals surface area contributed by atoms with Crippen molar-refractivity contribution in [2.24, 2.45) is 0 Å². The van der Waals surface area contributed by atoms with Gasteiger partial charge >= 0.3 is 0 Å². The fourth-order valence-electron chi connectivity index (χ4n) is 2.90. The van der Waals surface area contributed by atoms with Crippen LogP contribution in [0.4, 0.5) is 11.5 Å². The van der Waals surface area contributed by atoms with Gasteiger partial charge in [0.05, 0.1) is 0 Å². The van der Waals surface area contributed by atoms with E-state index < -0.39 is 0 Å². The number of rotatable bonds is 1. The van der Waals surface area contributed by atoms with Gasteiger partial charge in [-0.3, -0.25) is 4.90 Å². The summed E-state index contributed by atoms with van der Waals surface area (Å²) >= 11 is 0. The van der Waals surface area contributed by atoms with Crippen LogP contribution in [-0.2, 0) is 0 Å². The molecule has 3 heterocycles. The molecule has 0 aromatic carbocycles. The number of hydrogen-bond donors (Lipinski definition) is 1. The van der Waals surface area contributed by atoms with Crippen molar-refractivity contribution in [2.45, 2.75) is 25.8 Å². The monoisotopic (exact) mass is 232 g/mol. The fourth-order valence-corrected chi connectivity index (χ4v) is 2.90. The lowest BCUT2D eigenvalue weighted by Crippen LogP contribution is -2.50. The Labute approximate surface area is 102 Å². The molecule has 0 bridgehead atoms. The van der Waals surface area contributed by atoms with Gasteiger partial charge in [0.2, 0.25) is 0 Å². The van der Waals surface area contributed by atoms with E-state index in [-0.39, 0.29) is 0 Å². The van der Waals surface area contributed by atoms with Crippen molar-refractivity contribution in [3.05, 3.63) is 17.8 Å². The lowest BCUT2D eigenvalue weighted by molar-refractivity contribution is 0.230. The minimum Gasteiger partial charge on any atom is -0.398 e. The van der Waals surface area contributed by atoms with Gasteiger partial charge in [-0.2, -0.15) is 0 Å². The number of nitrogen functional groups attached to an aromatic ring is 1. The largest absolute Gasteiger partial charge is 0.398 e. The number of aryl methyl sites for hydroxylation is 1. The zero-order valence-electron chi connectivity index (χ0n) is 10.4. The minimum atomic E-state index is 0.730. The molecular formula is C13H20N4. The number of nitrogens with two attached hydrogens (primary N) is 1. The van der Waals surface area contributed by atoms with Gasteiger partial charge in [0.15, 0.2) is 0 Å². The van der Waals surface area contributed by atoms with Crippen molar-refractivity contribution in [2.75, 3.05) is 36.8 Å². The van der Waals surface area contributed by atoms with Crippen LogP contribution in [0.2, 0.25) is 0 Å². The van der Waals surface area contributed by atoms with Crippen molar-refractivity contribution in [3.8, 4) is 0 Å². The molecule has 2 aliphatic heterocycles. The molecule has 2 aliphatic rings. The maximum absolute atomic E-state index is 5.96. The molecule has 0 spiro atoms. The zero-order chi connectivity index (χ0) is 11.8. The van der Waals surface area contributed by atoms with E-state index in [0.717, 1.165) is 36.2 Å². The molecule has 2 N–H and O–H groups in total. The second-order valence-corrected chi connectivity index (χ2v) is 5.18. The number of aromatic nitrogens is 1. The first-order valence-corrected chi connectivity index (χ1v) is 6.45. The second kappa shape index (κ2) is 4.18. The van der Waals surface area contributed by atoms with Gasteiger partial charge in [0.1, 0.15) is 5.82 Å². The molecule has 2 saturated heterocycles. The van der Waals surface area contributed by atoms with E-state index in [9.17, 15) is 0 Å².